The molecule has 3 heterocycles. The van der Waals surface area contributed by atoms with Crippen molar-refractivity contribution < 1.29 is 9.59 Å². The van der Waals surface area contributed by atoms with Crippen LogP contribution in [0.4, 0.5) is 0 Å². The molecule has 1 aromatic carbocycles. The van der Waals surface area contributed by atoms with E-state index in [9.17, 15) is 9.59 Å². The highest BCUT2D eigenvalue weighted by Gasteiger charge is 2.46. The smallest absolute Gasteiger partial charge is 0.255 e. The summed E-state index contributed by atoms with van der Waals surface area (Å²) in [7, 11) is 3.70. The summed E-state index contributed by atoms with van der Waals surface area (Å²) in [5, 5.41) is 3.78. The van der Waals surface area contributed by atoms with E-state index < -0.39 is 5.54 Å². The second-order valence-electron chi connectivity index (χ2n) is 7.02. The maximum absolute atomic E-state index is 12.8. The van der Waals surface area contributed by atoms with Crippen LogP contribution in [0.2, 0.25) is 0 Å². The molecular weight excluding hydrogens is 330 g/mol. The van der Waals surface area contributed by atoms with E-state index in [1.54, 1.807) is 16.0 Å². The number of para-hydroxylation sites is 1. The van der Waals surface area contributed by atoms with Crippen LogP contribution in [0, 0.1) is 0 Å². The Morgan fingerprint density at radius 1 is 1.23 bits per heavy atom. The Bertz CT molecular complexity index is 913. The number of benzene rings is 1. The number of guanidine groups is 1. The summed E-state index contributed by atoms with van der Waals surface area (Å²) in [6, 6.07) is 9.61. The fourth-order valence-corrected chi connectivity index (χ4v) is 3.50. The molecule has 2 amide bonds. The molecule has 0 radical (unpaired) electrons. The van der Waals surface area contributed by atoms with Gasteiger partial charge in [0.2, 0.25) is 5.96 Å². The number of nitrogens with zero attached hydrogens (tertiary/aromatic N) is 4. The van der Waals surface area contributed by atoms with Crippen LogP contribution >= 0.6 is 0 Å². The zero-order chi connectivity index (χ0) is 18.3. The van der Waals surface area contributed by atoms with E-state index in [2.05, 4.69) is 15.3 Å². The number of piperidine rings is 1. The van der Waals surface area contributed by atoms with Crippen molar-refractivity contribution in [2.75, 3.05) is 27.2 Å². The Hall–Kier alpha value is -2.96. The molecule has 7 nitrogen and oxygen atoms in total. The average molecular weight is 351 g/mol. The van der Waals surface area contributed by atoms with Crippen LogP contribution in [0.25, 0.3) is 10.9 Å². The standard InChI is InChI=1S/C19H21N5O2/c1-23(2)18-21-17(26)19(22-18)7-9-24(10-8-19)16(25)14-11-13-5-3-4-6-15(13)20-12-14/h3-6,11-12H,7-10H2,1-2H3,(H,21,22,26). The molecule has 1 aromatic heterocycles. The van der Waals surface area contributed by atoms with Gasteiger partial charge in [0.1, 0.15) is 5.54 Å². The molecule has 1 saturated heterocycles. The van der Waals surface area contributed by atoms with E-state index in [4.69, 9.17) is 0 Å². The fraction of sp³-hybridized carbons (Fsp3) is 0.368. The molecular formula is C19H21N5O2. The Labute approximate surface area is 151 Å². The predicted octanol–water partition coefficient (Wildman–Crippen LogP) is 1.26. The summed E-state index contributed by atoms with van der Waals surface area (Å²) < 4.78 is 0. The molecule has 2 aliphatic heterocycles. The quantitative estimate of drug-likeness (QED) is 0.839. The molecule has 7 heteroatoms. The van der Waals surface area contributed by atoms with E-state index in [-0.39, 0.29) is 11.8 Å². The van der Waals surface area contributed by atoms with Crippen LogP contribution in [0.1, 0.15) is 23.2 Å². The SMILES string of the molecule is CN(C)C1=NC2(CCN(C(=O)c3cnc4ccccc4c3)CC2)C(=O)N1. The third-order valence-electron chi connectivity index (χ3n) is 5.11. The molecule has 0 aliphatic carbocycles. The number of likely N-dealkylation sites (tertiary alicyclic amines) is 1. The topological polar surface area (TPSA) is 77.9 Å². The fourth-order valence-electron chi connectivity index (χ4n) is 3.50. The van der Waals surface area contributed by atoms with Gasteiger partial charge in [-0.2, -0.15) is 0 Å². The van der Waals surface area contributed by atoms with Crippen molar-refractivity contribution in [3.05, 3.63) is 42.1 Å². The van der Waals surface area contributed by atoms with Crippen LogP contribution < -0.4 is 5.32 Å². The van der Waals surface area contributed by atoms with Crippen molar-refractivity contribution in [2.45, 2.75) is 18.4 Å². The summed E-state index contributed by atoms with van der Waals surface area (Å²) >= 11 is 0. The summed E-state index contributed by atoms with van der Waals surface area (Å²) in [4.78, 5) is 37.8. The summed E-state index contributed by atoms with van der Waals surface area (Å²) in [5.74, 6) is 0.475. The van der Waals surface area contributed by atoms with Crippen LogP contribution in [0.5, 0.6) is 0 Å². The van der Waals surface area contributed by atoms with Gasteiger partial charge in [-0.15, -0.1) is 0 Å². The molecule has 0 atom stereocenters. The number of nitrogens with one attached hydrogen (secondary N) is 1. The summed E-state index contributed by atoms with van der Waals surface area (Å²) in [5.41, 5.74) is 0.709. The van der Waals surface area contributed by atoms with E-state index in [0.717, 1.165) is 10.9 Å². The minimum Gasteiger partial charge on any atom is -0.349 e. The Kier molecular flexibility index (Phi) is 3.86. The zero-order valence-electron chi connectivity index (χ0n) is 14.9. The van der Waals surface area contributed by atoms with Gasteiger partial charge in [-0.05, 0) is 25.0 Å². The summed E-state index contributed by atoms with van der Waals surface area (Å²) in [6.07, 6.45) is 2.69. The predicted molar refractivity (Wildman–Crippen MR) is 98.9 cm³/mol. The number of hydrogen-bond donors (Lipinski definition) is 1. The molecule has 0 saturated carbocycles. The lowest BCUT2D eigenvalue weighted by atomic mass is 9.88. The van der Waals surface area contributed by atoms with Gasteiger partial charge >= 0.3 is 0 Å². The van der Waals surface area contributed by atoms with Gasteiger partial charge in [-0.3, -0.25) is 19.9 Å². The molecule has 1 N–H and O–H groups in total. The maximum atomic E-state index is 12.8. The van der Waals surface area contributed by atoms with Crippen LogP contribution in [0.15, 0.2) is 41.5 Å². The monoisotopic (exact) mass is 351 g/mol. The van der Waals surface area contributed by atoms with Crippen LogP contribution in [0.3, 0.4) is 0 Å². The third kappa shape index (κ3) is 2.69. The molecule has 26 heavy (non-hydrogen) atoms. The lowest BCUT2D eigenvalue weighted by molar-refractivity contribution is -0.125. The van der Waals surface area contributed by atoms with Crippen molar-refractivity contribution in [1.82, 2.24) is 20.1 Å². The second-order valence-corrected chi connectivity index (χ2v) is 7.02. The average Bonchev–Trinajstić information content (AvgIpc) is 2.98. The number of amides is 2. The molecule has 2 aliphatic rings. The first-order valence-electron chi connectivity index (χ1n) is 8.71. The first-order valence-corrected chi connectivity index (χ1v) is 8.71. The van der Waals surface area contributed by atoms with Crippen molar-refractivity contribution in [1.29, 1.82) is 0 Å². The van der Waals surface area contributed by atoms with E-state index >= 15 is 0 Å². The van der Waals surface area contributed by atoms with Gasteiger partial charge in [-0.25, -0.2) is 4.99 Å². The molecule has 1 spiro atoms. The van der Waals surface area contributed by atoms with Gasteiger partial charge in [-0.1, -0.05) is 18.2 Å². The number of carbonyl (C=O) groups is 2. The lowest BCUT2D eigenvalue weighted by Crippen LogP contribution is -2.50. The molecule has 2 aromatic rings. The van der Waals surface area contributed by atoms with E-state index in [1.165, 1.54) is 0 Å². The van der Waals surface area contributed by atoms with Crippen molar-refractivity contribution >= 4 is 28.7 Å². The maximum Gasteiger partial charge on any atom is 0.255 e. The lowest BCUT2D eigenvalue weighted by Gasteiger charge is -2.35. The van der Waals surface area contributed by atoms with Crippen LogP contribution in [-0.2, 0) is 4.79 Å². The number of carbonyl (C=O) groups excluding carboxylic acids is 2. The van der Waals surface area contributed by atoms with Gasteiger partial charge < -0.3 is 9.80 Å². The normalized spacial score (nSPS) is 18.8. The van der Waals surface area contributed by atoms with Gasteiger partial charge in [0.05, 0.1) is 11.1 Å². The molecule has 4 rings (SSSR count). The first kappa shape index (κ1) is 16.5. The number of pyridine rings is 1. The largest absolute Gasteiger partial charge is 0.349 e. The summed E-state index contributed by atoms with van der Waals surface area (Å²) in [6.45, 7) is 1.01. The molecule has 0 bridgehead atoms. The number of hydrogen-bond acceptors (Lipinski definition) is 5. The number of fused-ring (bicyclic) bond motifs is 1. The van der Waals surface area contributed by atoms with E-state index in [1.807, 2.05) is 44.4 Å². The highest BCUT2D eigenvalue weighted by molar-refractivity contribution is 6.07. The zero-order valence-corrected chi connectivity index (χ0v) is 14.9. The highest BCUT2D eigenvalue weighted by Crippen LogP contribution is 2.31. The molecule has 1 fully saturated rings. The Morgan fingerprint density at radius 2 is 1.96 bits per heavy atom. The van der Waals surface area contributed by atoms with Gasteiger partial charge in [0, 0.05) is 38.8 Å². The molecule has 0 unspecified atom stereocenters. The van der Waals surface area contributed by atoms with Crippen molar-refractivity contribution in [2.24, 2.45) is 4.99 Å². The van der Waals surface area contributed by atoms with Crippen molar-refractivity contribution in [3.8, 4) is 0 Å². The van der Waals surface area contributed by atoms with Gasteiger partial charge in [0.15, 0.2) is 0 Å². The Morgan fingerprint density at radius 3 is 2.65 bits per heavy atom. The number of rotatable bonds is 1. The van der Waals surface area contributed by atoms with Crippen LogP contribution in [-0.4, -0.2) is 65.3 Å². The third-order valence-corrected chi connectivity index (χ3v) is 5.11. The molecule has 134 valence electrons. The minimum absolute atomic E-state index is 0.0479. The number of aromatic nitrogens is 1. The van der Waals surface area contributed by atoms with Gasteiger partial charge in [0.25, 0.3) is 11.8 Å². The van der Waals surface area contributed by atoms with Crippen molar-refractivity contribution in [3.63, 3.8) is 0 Å². The minimum atomic E-state index is -0.738. The second kappa shape index (κ2) is 6.09. The van der Waals surface area contributed by atoms with E-state index in [0.29, 0.717) is 37.5 Å². The first-order chi connectivity index (χ1) is 12.5. The Balaban J connectivity index is 1.50. The highest BCUT2D eigenvalue weighted by atomic mass is 16.2. The number of aliphatic imine (C=N–C) groups is 1.